The molecule has 23 nitrogen and oxygen atoms in total. The van der Waals surface area contributed by atoms with Crippen LogP contribution >= 0.6 is 0 Å². The van der Waals surface area contributed by atoms with E-state index in [2.05, 4.69) is 36.6 Å². The van der Waals surface area contributed by atoms with Gasteiger partial charge in [0, 0.05) is 44.6 Å². The number of carbonyl (C=O) groups is 11. The molecule has 0 spiro atoms. The summed E-state index contributed by atoms with van der Waals surface area (Å²) in [6, 6.07) is -8.15. The molecular weight excluding hydrogens is 782 g/mol. The van der Waals surface area contributed by atoms with Gasteiger partial charge in [0.1, 0.15) is 36.8 Å². The lowest BCUT2D eigenvalue weighted by Crippen LogP contribution is -2.60. The number of H-pyrrole nitrogens is 1. The Morgan fingerprint density at radius 2 is 1.36 bits per heavy atom. The summed E-state index contributed by atoms with van der Waals surface area (Å²) in [5, 5.41) is 41.5. The summed E-state index contributed by atoms with van der Waals surface area (Å²) in [5.74, 6) is -11.8. The lowest BCUT2D eigenvalue weighted by molar-refractivity contribution is -0.145. The number of likely N-dealkylation sites (tertiary alicyclic amines) is 1. The number of Topliss-reactive ketones (excluding diaryl/α,β-unsaturated/α-hetero) is 1. The van der Waals surface area contributed by atoms with Crippen molar-refractivity contribution in [3.63, 3.8) is 0 Å². The van der Waals surface area contributed by atoms with Gasteiger partial charge in [0.15, 0.2) is 0 Å². The van der Waals surface area contributed by atoms with Gasteiger partial charge in [0.2, 0.25) is 41.2 Å². The highest BCUT2D eigenvalue weighted by molar-refractivity contribution is 6.38. The number of aromatic amines is 1. The van der Waals surface area contributed by atoms with Crippen LogP contribution in [0.3, 0.4) is 0 Å². The summed E-state index contributed by atoms with van der Waals surface area (Å²) >= 11 is 0. The van der Waals surface area contributed by atoms with Crippen LogP contribution in [0.5, 0.6) is 0 Å². The Kier molecular flexibility index (Phi) is 19.6. The Morgan fingerprint density at radius 1 is 0.780 bits per heavy atom. The highest BCUT2D eigenvalue weighted by Gasteiger charge is 2.41. The minimum Gasteiger partial charge on any atom is -0.481 e. The van der Waals surface area contributed by atoms with Crippen LogP contribution in [0, 0.1) is 5.92 Å². The molecule has 1 aliphatic heterocycles. The molecule has 2 heterocycles. The first-order chi connectivity index (χ1) is 27.7. The summed E-state index contributed by atoms with van der Waals surface area (Å²) in [5.41, 5.74) is 0.354. The van der Waals surface area contributed by atoms with Crippen molar-refractivity contribution < 1.29 is 68.1 Å². The maximum Gasteiger partial charge on any atom is 0.322 e. The molecule has 1 fully saturated rings. The number of imidazole rings is 1. The van der Waals surface area contributed by atoms with Gasteiger partial charge < -0.3 is 57.1 Å². The van der Waals surface area contributed by atoms with E-state index in [1.165, 1.54) is 17.4 Å². The lowest BCUT2D eigenvalue weighted by atomic mass is 10.0. The molecule has 2 rings (SSSR count). The van der Waals surface area contributed by atoms with Crippen LogP contribution < -0.4 is 31.9 Å². The predicted octanol–water partition coefficient (Wildman–Crippen LogP) is -2.66. The Labute approximate surface area is 338 Å². The zero-order valence-corrected chi connectivity index (χ0v) is 33.2. The molecule has 59 heavy (non-hydrogen) atoms. The van der Waals surface area contributed by atoms with Crippen LogP contribution in [0.1, 0.15) is 84.8 Å². The quantitative estimate of drug-likeness (QED) is 0.0450. The van der Waals surface area contributed by atoms with E-state index >= 15 is 0 Å². The monoisotopic (exact) mass is 835 g/mol. The number of hydrogen-bond acceptors (Lipinski definition) is 12. The first-order valence-corrected chi connectivity index (χ1v) is 19.0. The van der Waals surface area contributed by atoms with Crippen molar-refractivity contribution in [2.75, 3.05) is 13.1 Å². The number of aliphatic carboxylic acids is 3. The van der Waals surface area contributed by atoms with Gasteiger partial charge in [-0.1, -0.05) is 27.2 Å². The zero-order chi connectivity index (χ0) is 44.4. The van der Waals surface area contributed by atoms with E-state index in [9.17, 15) is 57.8 Å². The number of ketones is 1. The second-order valence-corrected chi connectivity index (χ2v) is 14.2. The van der Waals surface area contributed by atoms with Crippen LogP contribution in [0.4, 0.5) is 0 Å². The van der Waals surface area contributed by atoms with Gasteiger partial charge in [-0.2, -0.15) is 0 Å². The molecule has 0 saturated carbocycles. The summed E-state index contributed by atoms with van der Waals surface area (Å²) in [6.07, 6.45) is 1.43. The van der Waals surface area contributed by atoms with Gasteiger partial charge in [-0.05, 0) is 38.0 Å². The van der Waals surface area contributed by atoms with Crippen molar-refractivity contribution in [2.24, 2.45) is 5.92 Å². The molecule has 1 aromatic heterocycles. The molecule has 1 aliphatic rings. The van der Waals surface area contributed by atoms with Crippen molar-refractivity contribution in [1.29, 1.82) is 0 Å². The fourth-order valence-electron chi connectivity index (χ4n) is 6.16. The van der Waals surface area contributed by atoms with Gasteiger partial charge in [-0.25, -0.2) is 4.98 Å². The van der Waals surface area contributed by atoms with E-state index in [1.54, 1.807) is 20.8 Å². The van der Waals surface area contributed by atoms with Crippen LogP contribution in [0.2, 0.25) is 0 Å². The molecule has 0 radical (unpaired) electrons. The standard InChI is InChI=1S/C36H53N9O14/c1-5-7-21(30(53)35(58)38-16-28(51)52)41-34(57)25-8-6-13-45(25)36(59)29(18(2)3)44-33(56)24(14-20-15-37-17-39-20)43-32(55)23(10-12-27(49)50)42-31(54)22(40-19(4)46)9-11-26(47)48/h15,17-18,21-25,29H,5-14,16H2,1-4H3,(H,37,39)(H,38,58)(H,40,46)(H,41,57)(H,42,54)(H,43,55)(H,44,56)(H,47,48)(H,49,50)(H,51,52)/t21?,22-,23-,24-,25-,29-/m0/s1. The average molecular weight is 836 g/mol. The Morgan fingerprint density at radius 3 is 1.86 bits per heavy atom. The Balaban J connectivity index is 2.33. The number of carboxylic acid groups (broad SMARTS) is 3. The molecule has 0 aliphatic carbocycles. The molecule has 326 valence electrons. The first-order valence-electron chi connectivity index (χ1n) is 19.0. The normalized spacial score (nSPS) is 16.0. The number of carbonyl (C=O) groups excluding carboxylic acids is 8. The Hall–Kier alpha value is -6.42. The number of rotatable bonds is 25. The van der Waals surface area contributed by atoms with E-state index in [4.69, 9.17) is 10.2 Å². The summed E-state index contributed by atoms with van der Waals surface area (Å²) in [7, 11) is 0. The van der Waals surface area contributed by atoms with Gasteiger partial charge in [-0.3, -0.25) is 52.7 Å². The number of aromatic nitrogens is 2. The number of nitrogens with zero attached hydrogens (tertiary/aromatic N) is 2. The molecule has 10 N–H and O–H groups in total. The highest BCUT2D eigenvalue weighted by Crippen LogP contribution is 2.21. The molecule has 0 bridgehead atoms. The molecule has 1 aromatic rings. The van der Waals surface area contributed by atoms with E-state index < -0.39 is 133 Å². The van der Waals surface area contributed by atoms with Crippen molar-refractivity contribution in [1.82, 2.24) is 46.8 Å². The SMILES string of the molecule is CCCC(NC(=O)[C@@H]1CCCN1C(=O)[C@@H](NC(=O)[C@H](Cc1cnc[nH]1)NC(=O)[C@H](CCC(=O)O)NC(=O)[C@H](CCC(=O)O)NC(C)=O)C(C)C)C(=O)C(=O)NCC(=O)O. The first kappa shape index (κ1) is 48.7. The van der Waals surface area contributed by atoms with Crippen LogP contribution in [-0.4, -0.2) is 145 Å². The van der Waals surface area contributed by atoms with E-state index in [-0.39, 0.29) is 32.2 Å². The highest BCUT2D eigenvalue weighted by atomic mass is 16.4. The smallest absolute Gasteiger partial charge is 0.322 e. The minimum atomic E-state index is -1.59. The van der Waals surface area contributed by atoms with Crippen LogP contribution in [-0.2, 0) is 59.2 Å². The van der Waals surface area contributed by atoms with Crippen molar-refractivity contribution in [3.8, 4) is 0 Å². The van der Waals surface area contributed by atoms with Gasteiger partial charge in [0.05, 0.1) is 12.4 Å². The number of hydrogen-bond donors (Lipinski definition) is 10. The van der Waals surface area contributed by atoms with E-state index in [0.717, 1.165) is 6.92 Å². The second-order valence-electron chi connectivity index (χ2n) is 14.2. The van der Waals surface area contributed by atoms with Gasteiger partial charge in [0.25, 0.3) is 5.91 Å². The number of amides is 7. The third-order valence-corrected chi connectivity index (χ3v) is 9.14. The van der Waals surface area contributed by atoms with Crippen molar-refractivity contribution in [3.05, 3.63) is 18.2 Å². The lowest BCUT2D eigenvalue weighted by Gasteiger charge is -2.32. The van der Waals surface area contributed by atoms with Crippen molar-refractivity contribution >= 4 is 65.0 Å². The van der Waals surface area contributed by atoms with Crippen molar-refractivity contribution in [2.45, 2.75) is 122 Å². The molecule has 6 atom stereocenters. The predicted molar refractivity (Wildman–Crippen MR) is 201 cm³/mol. The summed E-state index contributed by atoms with van der Waals surface area (Å²) in [4.78, 5) is 147. The molecule has 7 amide bonds. The maximum atomic E-state index is 14.1. The maximum absolute atomic E-state index is 14.1. The van der Waals surface area contributed by atoms with E-state index in [0.29, 0.717) is 18.5 Å². The summed E-state index contributed by atoms with van der Waals surface area (Å²) in [6.45, 7) is 5.31. The fraction of sp³-hybridized carbons (Fsp3) is 0.611. The third-order valence-electron chi connectivity index (χ3n) is 9.14. The zero-order valence-electron chi connectivity index (χ0n) is 33.2. The second kappa shape index (κ2) is 23.7. The topological polar surface area (TPSA) is 353 Å². The molecule has 1 unspecified atom stereocenters. The van der Waals surface area contributed by atoms with Crippen LogP contribution in [0.25, 0.3) is 0 Å². The molecule has 23 heteroatoms. The fourth-order valence-corrected chi connectivity index (χ4v) is 6.16. The van der Waals surface area contributed by atoms with Crippen LogP contribution in [0.15, 0.2) is 12.5 Å². The van der Waals surface area contributed by atoms with Gasteiger partial charge >= 0.3 is 17.9 Å². The third kappa shape index (κ3) is 16.2. The number of carboxylic acids is 3. The average Bonchev–Trinajstić information content (AvgIpc) is 3.87. The Bertz CT molecular complexity index is 1720. The van der Waals surface area contributed by atoms with Gasteiger partial charge in [-0.15, -0.1) is 0 Å². The molecule has 1 saturated heterocycles. The number of nitrogens with one attached hydrogen (secondary N) is 7. The largest absolute Gasteiger partial charge is 0.481 e. The minimum absolute atomic E-state index is 0.0430. The summed E-state index contributed by atoms with van der Waals surface area (Å²) < 4.78 is 0. The molecule has 0 aromatic carbocycles. The van der Waals surface area contributed by atoms with E-state index in [1.807, 2.05) is 5.32 Å². The molecular formula is C36H53N9O14.